The molecule has 0 amide bonds. The first-order valence-electron chi connectivity index (χ1n) is 16.9. The summed E-state index contributed by atoms with van der Waals surface area (Å²) in [5, 5.41) is 9.15. The van der Waals surface area contributed by atoms with Gasteiger partial charge >= 0.3 is 0 Å². The van der Waals surface area contributed by atoms with Crippen LogP contribution in [0.4, 0.5) is 17.1 Å². The fraction of sp³-hybridized carbons (Fsp3) is 0. The molecule has 0 saturated heterocycles. The number of benzene rings is 8. The number of anilines is 3. The summed E-state index contributed by atoms with van der Waals surface area (Å²) in [4.78, 5) is 2.35. The first-order chi connectivity index (χ1) is 24.8. The lowest BCUT2D eigenvalue weighted by Gasteiger charge is -2.26. The Morgan fingerprint density at radius 2 is 1.04 bits per heavy atom. The Morgan fingerprint density at radius 3 is 1.90 bits per heavy atom. The third kappa shape index (κ3) is 3.87. The van der Waals surface area contributed by atoms with E-state index < -0.39 is 0 Å². The average Bonchev–Trinajstić information content (AvgIpc) is 3.85. The van der Waals surface area contributed by atoms with Gasteiger partial charge in [0.25, 0.3) is 0 Å². The maximum Gasteiger partial charge on any atom is 0.159 e. The summed E-state index contributed by atoms with van der Waals surface area (Å²) in [5.74, 6) is 0. The molecule has 4 heteroatoms. The highest BCUT2D eigenvalue weighted by atomic mass is 16.3. The molecule has 4 nitrogen and oxygen atoms in total. The fourth-order valence-corrected chi connectivity index (χ4v) is 7.96. The molecule has 234 valence electrons. The number of hydrogen-bond donors (Lipinski definition) is 0. The highest BCUT2D eigenvalue weighted by Gasteiger charge is 2.22. The average molecular weight is 641 g/mol. The zero-order chi connectivity index (χ0) is 32.8. The summed E-state index contributed by atoms with van der Waals surface area (Å²) in [5.41, 5.74) is 10.1. The topological polar surface area (TPSA) is 34.5 Å². The third-order valence-electron chi connectivity index (χ3n) is 10.2. The zero-order valence-electron chi connectivity index (χ0n) is 26.9. The van der Waals surface area contributed by atoms with E-state index in [-0.39, 0.29) is 0 Å². The van der Waals surface area contributed by atoms with Crippen LogP contribution >= 0.6 is 0 Å². The molecule has 50 heavy (non-hydrogen) atoms. The van der Waals surface area contributed by atoms with Crippen molar-refractivity contribution in [2.75, 3.05) is 4.90 Å². The number of para-hydroxylation sites is 5. The van der Waals surface area contributed by atoms with Crippen molar-refractivity contribution in [3.63, 3.8) is 0 Å². The second-order valence-corrected chi connectivity index (χ2v) is 12.9. The predicted molar refractivity (Wildman–Crippen MR) is 208 cm³/mol. The predicted octanol–water partition coefficient (Wildman–Crippen LogP) is 13.2. The normalized spacial score (nSPS) is 12.0. The maximum absolute atomic E-state index is 6.67. The van der Waals surface area contributed by atoms with E-state index in [1.54, 1.807) is 0 Å². The molecule has 3 aromatic heterocycles. The van der Waals surface area contributed by atoms with Crippen LogP contribution in [0.25, 0.3) is 82.1 Å². The summed E-state index contributed by atoms with van der Waals surface area (Å²) in [6, 6.07) is 60.1. The van der Waals surface area contributed by atoms with E-state index in [2.05, 4.69) is 155 Å². The van der Waals surface area contributed by atoms with Crippen LogP contribution in [-0.4, -0.2) is 4.57 Å². The Bertz CT molecular complexity index is 3110. The van der Waals surface area contributed by atoms with E-state index in [0.29, 0.717) is 0 Å². The van der Waals surface area contributed by atoms with Crippen LogP contribution < -0.4 is 4.90 Å². The molecule has 0 spiro atoms. The maximum atomic E-state index is 6.67. The van der Waals surface area contributed by atoms with Crippen LogP contribution in [-0.2, 0) is 0 Å². The molecule has 11 aromatic rings. The Balaban J connectivity index is 1.22. The van der Waals surface area contributed by atoms with Crippen LogP contribution in [0.5, 0.6) is 0 Å². The van der Waals surface area contributed by atoms with E-state index in [1.807, 2.05) is 24.3 Å². The minimum Gasteiger partial charge on any atom is -0.456 e. The molecule has 0 unspecified atom stereocenters. The number of nitrogens with zero attached hydrogens (tertiary/aromatic N) is 2. The van der Waals surface area contributed by atoms with Gasteiger partial charge in [-0.3, -0.25) is 0 Å². The zero-order valence-corrected chi connectivity index (χ0v) is 26.9. The summed E-state index contributed by atoms with van der Waals surface area (Å²) in [7, 11) is 0. The lowest BCUT2D eigenvalue weighted by molar-refractivity contribution is 0.668. The van der Waals surface area contributed by atoms with Crippen LogP contribution in [0.15, 0.2) is 179 Å². The summed E-state index contributed by atoms with van der Waals surface area (Å²) >= 11 is 0. The van der Waals surface area contributed by atoms with Crippen molar-refractivity contribution < 1.29 is 8.83 Å². The highest BCUT2D eigenvalue weighted by Crippen LogP contribution is 2.45. The quantitative estimate of drug-likeness (QED) is 0.192. The first kappa shape index (κ1) is 27.2. The first-order valence-corrected chi connectivity index (χ1v) is 16.9. The molecule has 0 bridgehead atoms. The van der Waals surface area contributed by atoms with Gasteiger partial charge in [-0.2, -0.15) is 0 Å². The van der Waals surface area contributed by atoms with Crippen LogP contribution in [0, 0.1) is 0 Å². The summed E-state index contributed by atoms with van der Waals surface area (Å²) in [6.45, 7) is 0. The number of fused-ring (bicyclic) bond motifs is 11. The monoisotopic (exact) mass is 640 g/mol. The molecule has 0 atom stereocenters. The summed E-state index contributed by atoms with van der Waals surface area (Å²) < 4.78 is 15.3. The largest absolute Gasteiger partial charge is 0.456 e. The Hall–Kier alpha value is -6.78. The molecule has 11 rings (SSSR count). The Kier molecular flexibility index (Phi) is 5.63. The van der Waals surface area contributed by atoms with Gasteiger partial charge in [-0.25, -0.2) is 0 Å². The van der Waals surface area contributed by atoms with Gasteiger partial charge in [0.1, 0.15) is 16.7 Å². The Labute approximate surface area is 286 Å². The second kappa shape index (κ2) is 10.4. The molecule has 0 radical (unpaired) electrons. The molecule has 0 fully saturated rings. The molecule has 0 saturated carbocycles. The van der Waals surface area contributed by atoms with Crippen LogP contribution in [0.3, 0.4) is 0 Å². The van der Waals surface area contributed by atoms with Gasteiger partial charge in [0, 0.05) is 49.4 Å². The number of aromatic nitrogens is 1. The van der Waals surface area contributed by atoms with Crippen LogP contribution in [0.2, 0.25) is 0 Å². The van der Waals surface area contributed by atoms with Gasteiger partial charge in [-0.05, 0) is 83.6 Å². The van der Waals surface area contributed by atoms with Crippen molar-refractivity contribution in [3.8, 4) is 5.69 Å². The van der Waals surface area contributed by atoms with Gasteiger partial charge in [0.15, 0.2) is 5.58 Å². The summed E-state index contributed by atoms with van der Waals surface area (Å²) in [6.07, 6.45) is 0. The van der Waals surface area contributed by atoms with E-state index in [1.165, 1.54) is 16.3 Å². The van der Waals surface area contributed by atoms with Gasteiger partial charge in [0.05, 0.1) is 16.7 Å². The number of furan rings is 2. The highest BCUT2D eigenvalue weighted by molar-refractivity contribution is 6.20. The van der Waals surface area contributed by atoms with Crippen molar-refractivity contribution in [2.24, 2.45) is 0 Å². The van der Waals surface area contributed by atoms with Crippen molar-refractivity contribution in [1.82, 2.24) is 4.57 Å². The van der Waals surface area contributed by atoms with Crippen molar-refractivity contribution in [3.05, 3.63) is 170 Å². The molecule has 0 aliphatic carbocycles. The molecule has 0 aliphatic rings. The second-order valence-electron chi connectivity index (χ2n) is 12.9. The number of rotatable bonds is 4. The van der Waals surface area contributed by atoms with Gasteiger partial charge in [0.2, 0.25) is 0 Å². The lowest BCUT2D eigenvalue weighted by atomic mass is 10.0. The number of hydrogen-bond acceptors (Lipinski definition) is 3. The van der Waals surface area contributed by atoms with E-state index >= 15 is 0 Å². The third-order valence-corrected chi connectivity index (χ3v) is 10.2. The van der Waals surface area contributed by atoms with Crippen LogP contribution in [0.1, 0.15) is 0 Å². The standard InChI is InChI=1S/C46H28N2O2/c1-2-11-30(12-3-1)48-39-17-7-4-13-33(39)38-28-32(24-25-40(38)48)47(41-18-10-16-35-34-14-5-8-19-42(34)50-46(35)41)31-23-21-29-22-26-44-45(37(29)27-31)36-15-6-9-20-43(36)49-44/h1-28H. The molecule has 3 heterocycles. The van der Waals surface area contributed by atoms with Gasteiger partial charge in [-0.15, -0.1) is 0 Å². The van der Waals surface area contributed by atoms with Gasteiger partial charge < -0.3 is 18.3 Å². The minimum atomic E-state index is 0.854. The SMILES string of the molecule is c1ccc(-n2c3ccccc3c3cc(N(c4ccc5ccc6oc7ccccc7c6c5c4)c4cccc5c4oc4ccccc45)ccc32)cc1. The molecule has 8 aromatic carbocycles. The van der Waals surface area contributed by atoms with Crippen molar-refractivity contribution in [1.29, 1.82) is 0 Å². The van der Waals surface area contributed by atoms with E-state index in [0.717, 1.165) is 82.9 Å². The van der Waals surface area contributed by atoms with E-state index in [4.69, 9.17) is 8.83 Å². The molecular formula is C46H28N2O2. The Morgan fingerprint density at radius 1 is 0.400 bits per heavy atom. The van der Waals surface area contributed by atoms with Gasteiger partial charge in [-0.1, -0.05) is 97.1 Å². The minimum absolute atomic E-state index is 0.854. The molecular weight excluding hydrogens is 613 g/mol. The van der Waals surface area contributed by atoms with Crippen molar-refractivity contribution in [2.45, 2.75) is 0 Å². The molecule has 0 aliphatic heterocycles. The molecule has 0 N–H and O–H groups in total. The lowest BCUT2D eigenvalue weighted by Crippen LogP contribution is -2.10. The van der Waals surface area contributed by atoms with E-state index in [9.17, 15) is 0 Å². The fourth-order valence-electron chi connectivity index (χ4n) is 7.96. The van der Waals surface area contributed by atoms with Crippen molar-refractivity contribution >= 4 is 93.5 Å². The smallest absolute Gasteiger partial charge is 0.159 e.